The van der Waals surface area contributed by atoms with E-state index in [1.165, 1.54) is 7.11 Å². The van der Waals surface area contributed by atoms with Crippen LogP contribution in [0.3, 0.4) is 0 Å². The molecule has 0 aliphatic carbocycles. The minimum Gasteiger partial charge on any atom is -0.490 e. The van der Waals surface area contributed by atoms with Crippen LogP contribution in [0.25, 0.3) is 0 Å². The fourth-order valence-electron chi connectivity index (χ4n) is 1.58. The highest BCUT2D eigenvalue weighted by Crippen LogP contribution is 2.10. The average Bonchev–Trinajstić information content (AvgIpc) is 2.44. The van der Waals surface area contributed by atoms with Gasteiger partial charge in [-0.25, -0.2) is 0 Å². The number of hydrogen-bond donors (Lipinski definition) is 1. The van der Waals surface area contributed by atoms with Gasteiger partial charge in [0.1, 0.15) is 6.26 Å². The lowest BCUT2D eigenvalue weighted by Crippen LogP contribution is -2.24. The molecule has 0 radical (unpaired) electrons. The van der Waals surface area contributed by atoms with E-state index >= 15 is 0 Å². The van der Waals surface area contributed by atoms with E-state index in [2.05, 4.69) is 5.32 Å². The van der Waals surface area contributed by atoms with Crippen molar-refractivity contribution in [1.82, 2.24) is 5.32 Å². The van der Waals surface area contributed by atoms with Gasteiger partial charge in [-0.15, -0.1) is 0 Å². The van der Waals surface area contributed by atoms with Crippen LogP contribution in [-0.2, 0) is 6.54 Å². The molecule has 1 aromatic carbocycles. The summed E-state index contributed by atoms with van der Waals surface area (Å²) in [4.78, 5) is 23.3. The molecule has 0 fully saturated rings. The van der Waals surface area contributed by atoms with Crippen molar-refractivity contribution in [3.8, 4) is 5.75 Å². The van der Waals surface area contributed by atoms with Crippen molar-refractivity contribution in [2.75, 3.05) is 7.11 Å². The second-order valence-corrected chi connectivity index (χ2v) is 4.43. The molecule has 1 aromatic heterocycles. The first kappa shape index (κ1) is 14.1. The summed E-state index contributed by atoms with van der Waals surface area (Å²) in [5.74, 6) is -0.501. The third-order valence-corrected chi connectivity index (χ3v) is 2.82. The number of rotatable bonds is 4. The van der Waals surface area contributed by atoms with Crippen molar-refractivity contribution < 1.29 is 13.9 Å². The largest absolute Gasteiger partial charge is 0.490 e. The van der Waals surface area contributed by atoms with Crippen molar-refractivity contribution in [2.24, 2.45) is 0 Å². The molecule has 0 spiro atoms. The van der Waals surface area contributed by atoms with Crippen molar-refractivity contribution in [3.05, 3.63) is 63.2 Å². The predicted octanol–water partition coefficient (Wildman–Crippen LogP) is 2.23. The second-order valence-electron chi connectivity index (χ2n) is 3.99. The molecule has 1 amide bonds. The Kier molecular flexibility index (Phi) is 4.42. The highest BCUT2D eigenvalue weighted by Gasteiger charge is 2.11. The third kappa shape index (κ3) is 3.39. The van der Waals surface area contributed by atoms with E-state index in [4.69, 9.17) is 20.8 Å². The van der Waals surface area contributed by atoms with Crippen LogP contribution in [0, 0.1) is 0 Å². The van der Waals surface area contributed by atoms with Crippen LogP contribution in [0.1, 0.15) is 16.1 Å². The first-order chi connectivity index (χ1) is 9.60. The number of carbonyl (C=O) groups excluding carboxylic acids is 1. The van der Waals surface area contributed by atoms with Gasteiger partial charge in [0.2, 0.25) is 11.2 Å². The summed E-state index contributed by atoms with van der Waals surface area (Å²) >= 11 is 5.84. The quantitative estimate of drug-likeness (QED) is 0.938. The molecule has 2 rings (SSSR count). The number of nitrogens with one attached hydrogen (secondary N) is 1. The SMILES string of the molecule is COc1coc(C(=O)NCc2cccc(Cl)c2)cc1=O. The van der Waals surface area contributed by atoms with Gasteiger partial charge >= 0.3 is 0 Å². The number of amides is 1. The van der Waals surface area contributed by atoms with E-state index in [1.807, 2.05) is 6.07 Å². The Bertz CT molecular complexity index is 681. The normalized spacial score (nSPS) is 10.1. The van der Waals surface area contributed by atoms with Crippen molar-refractivity contribution >= 4 is 17.5 Å². The number of benzene rings is 1. The molecule has 0 aliphatic rings. The Balaban J connectivity index is 2.05. The number of hydrogen-bond acceptors (Lipinski definition) is 4. The molecule has 104 valence electrons. The number of ether oxygens (including phenoxy) is 1. The van der Waals surface area contributed by atoms with Gasteiger partial charge in [0.05, 0.1) is 7.11 Å². The van der Waals surface area contributed by atoms with E-state index in [9.17, 15) is 9.59 Å². The fourth-order valence-corrected chi connectivity index (χ4v) is 1.80. The highest BCUT2D eigenvalue weighted by atomic mass is 35.5. The molecule has 0 saturated heterocycles. The summed E-state index contributed by atoms with van der Waals surface area (Å²) in [6, 6.07) is 8.20. The average molecular weight is 294 g/mol. The molecule has 0 unspecified atom stereocenters. The van der Waals surface area contributed by atoms with Gasteiger partial charge in [0, 0.05) is 17.6 Å². The molecule has 0 bridgehead atoms. The Labute approximate surface area is 120 Å². The predicted molar refractivity (Wildman–Crippen MR) is 74.2 cm³/mol. The topological polar surface area (TPSA) is 68.5 Å². The molecule has 20 heavy (non-hydrogen) atoms. The molecule has 1 N–H and O–H groups in total. The molecular formula is C14H12ClNO4. The summed E-state index contributed by atoms with van der Waals surface area (Å²) in [5.41, 5.74) is 0.438. The molecule has 0 saturated carbocycles. The summed E-state index contributed by atoms with van der Waals surface area (Å²) in [6.07, 6.45) is 1.11. The van der Waals surface area contributed by atoms with E-state index in [0.717, 1.165) is 17.9 Å². The Morgan fingerprint density at radius 3 is 2.85 bits per heavy atom. The minimum atomic E-state index is -0.482. The number of methoxy groups -OCH3 is 1. The zero-order valence-corrected chi connectivity index (χ0v) is 11.4. The van der Waals surface area contributed by atoms with E-state index in [-0.39, 0.29) is 18.1 Å². The molecular weight excluding hydrogens is 282 g/mol. The second kappa shape index (κ2) is 6.25. The molecule has 0 atom stereocenters. The molecule has 1 heterocycles. The van der Waals surface area contributed by atoms with E-state index < -0.39 is 11.3 Å². The molecule has 5 nitrogen and oxygen atoms in total. The van der Waals surface area contributed by atoms with Crippen LogP contribution in [-0.4, -0.2) is 13.0 Å². The first-order valence-electron chi connectivity index (χ1n) is 5.79. The summed E-state index contributed by atoms with van der Waals surface area (Å²) < 4.78 is 9.81. The molecule has 2 aromatic rings. The van der Waals surface area contributed by atoms with Gasteiger partial charge < -0.3 is 14.5 Å². The third-order valence-electron chi connectivity index (χ3n) is 2.58. The maximum atomic E-state index is 11.8. The Morgan fingerprint density at radius 1 is 1.40 bits per heavy atom. The van der Waals surface area contributed by atoms with Gasteiger partial charge in [0.25, 0.3) is 5.91 Å². The standard InChI is InChI=1S/C14H12ClNO4/c1-19-13-8-20-12(6-11(13)17)14(18)16-7-9-3-2-4-10(15)5-9/h2-6,8H,7H2,1H3,(H,16,18). The summed E-state index contributed by atoms with van der Waals surface area (Å²) in [7, 11) is 1.35. The zero-order valence-electron chi connectivity index (χ0n) is 10.7. The van der Waals surface area contributed by atoms with Crippen LogP contribution in [0.4, 0.5) is 0 Å². The van der Waals surface area contributed by atoms with Gasteiger partial charge in [-0.3, -0.25) is 9.59 Å². The van der Waals surface area contributed by atoms with Gasteiger partial charge in [-0.05, 0) is 17.7 Å². The van der Waals surface area contributed by atoms with Crippen LogP contribution in [0.15, 0.2) is 45.8 Å². The fraction of sp³-hybridized carbons (Fsp3) is 0.143. The van der Waals surface area contributed by atoms with Crippen molar-refractivity contribution in [3.63, 3.8) is 0 Å². The van der Waals surface area contributed by atoms with Crippen LogP contribution < -0.4 is 15.5 Å². The minimum absolute atomic E-state index is 0.0522. The Hall–Kier alpha value is -2.27. The lowest BCUT2D eigenvalue weighted by molar-refractivity contribution is 0.0920. The van der Waals surface area contributed by atoms with Crippen LogP contribution in [0.5, 0.6) is 5.75 Å². The maximum absolute atomic E-state index is 11.8. The zero-order chi connectivity index (χ0) is 14.5. The van der Waals surface area contributed by atoms with Crippen LogP contribution in [0.2, 0.25) is 5.02 Å². The van der Waals surface area contributed by atoms with Gasteiger partial charge in [-0.2, -0.15) is 0 Å². The maximum Gasteiger partial charge on any atom is 0.287 e. The van der Waals surface area contributed by atoms with Crippen LogP contribution >= 0.6 is 11.6 Å². The molecule has 0 aliphatic heterocycles. The van der Waals surface area contributed by atoms with Gasteiger partial charge in [0.15, 0.2) is 5.76 Å². The Morgan fingerprint density at radius 2 is 2.20 bits per heavy atom. The van der Waals surface area contributed by atoms with E-state index in [0.29, 0.717) is 5.02 Å². The number of carbonyl (C=O) groups is 1. The number of halogens is 1. The molecule has 6 heteroatoms. The van der Waals surface area contributed by atoms with E-state index in [1.54, 1.807) is 18.2 Å². The summed E-state index contributed by atoms with van der Waals surface area (Å²) in [5, 5.41) is 3.23. The lowest BCUT2D eigenvalue weighted by Gasteiger charge is -2.05. The lowest BCUT2D eigenvalue weighted by atomic mass is 10.2. The van der Waals surface area contributed by atoms with Crippen molar-refractivity contribution in [1.29, 1.82) is 0 Å². The van der Waals surface area contributed by atoms with Gasteiger partial charge in [-0.1, -0.05) is 23.7 Å². The van der Waals surface area contributed by atoms with Crippen molar-refractivity contribution in [2.45, 2.75) is 6.54 Å². The first-order valence-corrected chi connectivity index (χ1v) is 6.17. The smallest absolute Gasteiger partial charge is 0.287 e. The summed E-state index contributed by atoms with van der Waals surface area (Å²) in [6.45, 7) is 0.287. The highest BCUT2D eigenvalue weighted by molar-refractivity contribution is 6.30. The monoisotopic (exact) mass is 293 g/mol.